The van der Waals surface area contributed by atoms with Crippen LogP contribution < -0.4 is 4.74 Å². The number of allylic oxidation sites excluding steroid dienone is 1. The lowest BCUT2D eigenvalue weighted by Crippen LogP contribution is -2.28. The van der Waals surface area contributed by atoms with Gasteiger partial charge in [0.25, 0.3) is 0 Å². The van der Waals surface area contributed by atoms with Gasteiger partial charge >= 0.3 is 0 Å². The zero-order valence-corrected chi connectivity index (χ0v) is 21.4. The molecular formula is C30H28O8. The zero-order chi connectivity index (χ0) is 27.9. The maximum atomic E-state index is 12.1. The van der Waals surface area contributed by atoms with Crippen molar-refractivity contribution in [1.29, 1.82) is 0 Å². The molecule has 8 nitrogen and oxygen atoms in total. The van der Waals surface area contributed by atoms with Gasteiger partial charge in [0.2, 0.25) is 0 Å². The first-order valence-corrected chi connectivity index (χ1v) is 11.9. The molecule has 3 aromatic rings. The second kappa shape index (κ2) is 9.63. The Morgan fingerprint density at radius 1 is 0.895 bits per heavy atom. The molecule has 38 heavy (non-hydrogen) atoms. The number of ether oxygens (including phenoxy) is 1. The van der Waals surface area contributed by atoms with Crippen LogP contribution in [0, 0.1) is 6.92 Å². The SMILES string of the molecule is CC(=O)c1c(O)c(C)c(O)c(Cc2c(O)c3c(c(/C(=C\C=O)c4ccccc4)c2O)OC(C)(C)C=C3)c1O. The summed E-state index contributed by atoms with van der Waals surface area (Å²) in [5.41, 5.74) is -0.235. The third kappa shape index (κ3) is 4.34. The van der Waals surface area contributed by atoms with Crippen LogP contribution in [0.15, 0.2) is 42.5 Å². The molecule has 0 radical (unpaired) electrons. The summed E-state index contributed by atoms with van der Waals surface area (Å²) < 4.78 is 6.16. The number of ketones is 1. The molecule has 1 heterocycles. The molecule has 8 heteroatoms. The fourth-order valence-corrected chi connectivity index (χ4v) is 4.62. The van der Waals surface area contributed by atoms with Gasteiger partial charge in [0.15, 0.2) is 5.78 Å². The first kappa shape index (κ1) is 26.3. The van der Waals surface area contributed by atoms with Crippen LogP contribution in [0.1, 0.15) is 64.5 Å². The van der Waals surface area contributed by atoms with Crippen molar-refractivity contribution in [2.75, 3.05) is 0 Å². The minimum Gasteiger partial charge on any atom is -0.507 e. The highest BCUT2D eigenvalue weighted by Crippen LogP contribution is 2.52. The molecule has 1 aliphatic rings. The fraction of sp³-hybridized carbons (Fsp3) is 0.200. The molecule has 0 atom stereocenters. The van der Waals surface area contributed by atoms with E-state index in [1.807, 2.05) is 0 Å². The smallest absolute Gasteiger partial charge is 0.167 e. The first-order chi connectivity index (χ1) is 17.9. The Kier molecular flexibility index (Phi) is 6.67. The highest BCUT2D eigenvalue weighted by atomic mass is 16.5. The molecule has 5 N–H and O–H groups in total. The molecule has 0 fully saturated rings. The Labute approximate surface area is 219 Å². The number of fused-ring (bicyclic) bond motifs is 1. The Bertz CT molecular complexity index is 1530. The number of phenols is 5. The molecule has 0 bridgehead atoms. The Hall–Kier alpha value is -4.72. The number of aldehydes is 1. The summed E-state index contributed by atoms with van der Waals surface area (Å²) in [6, 6.07) is 8.83. The number of phenolic OH excluding ortho intramolecular Hbond substituents is 5. The minimum atomic E-state index is -0.799. The van der Waals surface area contributed by atoms with E-state index in [-0.39, 0.29) is 44.9 Å². The molecule has 0 aliphatic carbocycles. The fourth-order valence-electron chi connectivity index (χ4n) is 4.62. The van der Waals surface area contributed by atoms with Crippen LogP contribution in [0.4, 0.5) is 0 Å². The van der Waals surface area contributed by atoms with E-state index < -0.39 is 40.8 Å². The molecule has 0 amide bonds. The first-order valence-electron chi connectivity index (χ1n) is 11.9. The van der Waals surface area contributed by atoms with Crippen molar-refractivity contribution in [2.24, 2.45) is 0 Å². The number of hydrogen-bond donors (Lipinski definition) is 5. The minimum absolute atomic E-state index is 0.0454. The van der Waals surface area contributed by atoms with Crippen molar-refractivity contribution < 1.29 is 39.9 Å². The lowest BCUT2D eigenvalue weighted by molar-refractivity contribution is -0.104. The maximum absolute atomic E-state index is 12.1. The number of hydrogen-bond acceptors (Lipinski definition) is 8. The maximum Gasteiger partial charge on any atom is 0.167 e. The quantitative estimate of drug-likeness (QED) is 0.172. The average molecular weight is 517 g/mol. The molecule has 0 saturated carbocycles. The Morgan fingerprint density at radius 2 is 1.50 bits per heavy atom. The molecule has 0 saturated heterocycles. The van der Waals surface area contributed by atoms with Crippen molar-refractivity contribution >= 4 is 23.7 Å². The Morgan fingerprint density at radius 3 is 2.11 bits per heavy atom. The number of benzene rings is 3. The molecule has 196 valence electrons. The van der Waals surface area contributed by atoms with Crippen LogP contribution in [0.2, 0.25) is 0 Å². The predicted octanol–water partition coefficient (Wildman–Crippen LogP) is 5.13. The molecule has 3 aromatic carbocycles. The summed E-state index contributed by atoms with van der Waals surface area (Å²) in [5.74, 6) is -3.04. The van der Waals surface area contributed by atoms with Gasteiger partial charge in [0.05, 0.1) is 11.1 Å². The van der Waals surface area contributed by atoms with Gasteiger partial charge in [0.1, 0.15) is 51.9 Å². The summed E-state index contributed by atoms with van der Waals surface area (Å²) in [6.45, 7) is 6.11. The molecule has 0 aromatic heterocycles. The van der Waals surface area contributed by atoms with E-state index in [1.165, 1.54) is 13.0 Å². The third-order valence-corrected chi connectivity index (χ3v) is 6.60. The van der Waals surface area contributed by atoms with Gasteiger partial charge in [-0.05, 0) is 57.1 Å². The summed E-state index contributed by atoms with van der Waals surface area (Å²) in [6.07, 6.45) is 4.78. The van der Waals surface area contributed by atoms with E-state index in [4.69, 9.17) is 4.74 Å². The number of rotatable bonds is 6. The standard InChI is InChI=1S/C30H28O8/c1-15-24(33)20(27(36)22(16(2)32)25(15)34)14-21-26(35)19-10-12-30(3,4)38-29(19)23(28(21)37)18(11-13-31)17-8-6-5-7-9-17/h5-13,33-37H,14H2,1-4H3/b18-11-. The van der Waals surface area contributed by atoms with Gasteiger partial charge in [-0.25, -0.2) is 0 Å². The lowest BCUT2D eigenvalue weighted by Gasteiger charge is -2.32. The highest BCUT2D eigenvalue weighted by molar-refractivity contribution is 6.01. The monoisotopic (exact) mass is 516 g/mol. The van der Waals surface area contributed by atoms with Crippen molar-refractivity contribution in [3.8, 4) is 34.5 Å². The van der Waals surface area contributed by atoms with Gasteiger partial charge in [-0.15, -0.1) is 0 Å². The van der Waals surface area contributed by atoms with E-state index in [9.17, 15) is 35.1 Å². The number of Topliss-reactive ketones (excluding diaryl/α,β-unsaturated/α-hetero) is 1. The molecule has 1 aliphatic heterocycles. The molecule has 0 unspecified atom stereocenters. The summed E-state index contributed by atoms with van der Waals surface area (Å²) in [5, 5.41) is 54.8. The van der Waals surface area contributed by atoms with Crippen LogP contribution in [0.25, 0.3) is 11.6 Å². The van der Waals surface area contributed by atoms with E-state index in [0.717, 1.165) is 6.92 Å². The van der Waals surface area contributed by atoms with E-state index in [1.54, 1.807) is 56.3 Å². The lowest BCUT2D eigenvalue weighted by atomic mass is 9.86. The van der Waals surface area contributed by atoms with Gasteiger partial charge in [-0.3, -0.25) is 9.59 Å². The van der Waals surface area contributed by atoms with Gasteiger partial charge in [-0.2, -0.15) is 0 Å². The van der Waals surface area contributed by atoms with Crippen LogP contribution in [-0.2, 0) is 11.2 Å². The van der Waals surface area contributed by atoms with Crippen molar-refractivity contribution in [1.82, 2.24) is 0 Å². The number of carbonyl (C=O) groups is 2. The average Bonchev–Trinajstić information content (AvgIpc) is 2.86. The summed E-state index contributed by atoms with van der Waals surface area (Å²) >= 11 is 0. The topological polar surface area (TPSA) is 145 Å². The van der Waals surface area contributed by atoms with E-state index in [2.05, 4.69) is 0 Å². The normalized spacial score (nSPS) is 14.1. The largest absolute Gasteiger partial charge is 0.507 e. The van der Waals surface area contributed by atoms with Crippen LogP contribution in [0.5, 0.6) is 34.5 Å². The summed E-state index contributed by atoms with van der Waals surface area (Å²) in [4.78, 5) is 23.8. The number of carbonyl (C=O) groups excluding carboxylic acids is 2. The van der Waals surface area contributed by atoms with Crippen LogP contribution in [-0.4, -0.2) is 43.2 Å². The second-order valence-electron chi connectivity index (χ2n) is 9.67. The van der Waals surface area contributed by atoms with E-state index >= 15 is 0 Å². The van der Waals surface area contributed by atoms with Gasteiger partial charge in [-0.1, -0.05) is 30.3 Å². The van der Waals surface area contributed by atoms with Crippen LogP contribution >= 0.6 is 0 Å². The molecular weight excluding hydrogens is 488 g/mol. The van der Waals surface area contributed by atoms with Crippen LogP contribution in [0.3, 0.4) is 0 Å². The van der Waals surface area contributed by atoms with E-state index in [0.29, 0.717) is 17.4 Å². The van der Waals surface area contributed by atoms with Crippen molar-refractivity contribution in [3.05, 3.63) is 81.4 Å². The van der Waals surface area contributed by atoms with Crippen molar-refractivity contribution in [2.45, 2.75) is 39.7 Å². The number of aromatic hydroxyl groups is 5. The molecule has 4 rings (SSSR count). The Balaban J connectivity index is 2.06. The van der Waals surface area contributed by atoms with Crippen molar-refractivity contribution in [3.63, 3.8) is 0 Å². The zero-order valence-electron chi connectivity index (χ0n) is 21.4. The second-order valence-corrected chi connectivity index (χ2v) is 9.67. The summed E-state index contributed by atoms with van der Waals surface area (Å²) in [7, 11) is 0. The van der Waals surface area contributed by atoms with Gasteiger partial charge < -0.3 is 30.3 Å². The molecule has 0 spiro atoms. The predicted molar refractivity (Wildman–Crippen MR) is 142 cm³/mol. The third-order valence-electron chi connectivity index (χ3n) is 6.60. The highest BCUT2D eigenvalue weighted by Gasteiger charge is 2.34. The van der Waals surface area contributed by atoms with Gasteiger partial charge in [0, 0.05) is 23.1 Å².